The fourth-order valence-corrected chi connectivity index (χ4v) is 3.85. The number of amides is 2. The highest BCUT2D eigenvalue weighted by molar-refractivity contribution is 14.1. The predicted octanol–water partition coefficient (Wildman–Crippen LogP) is 1.63. The molecule has 1 heterocycles. The predicted molar refractivity (Wildman–Crippen MR) is 123 cm³/mol. The number of halogens is 2. The number of aliphatic hydroxyl groups is 2. The van der Waals surface area contributed by atoms with Crippen molar-refractivity contribution in [3.05, 3.63) is 62.7 Å². The maximum Gasteiger partial charge on any atom is 0.254 e. The molecular weight excluding hydrogens is 521 g/mol. The van der Waals surface area contributed by atoms with Crippen LogP contribution in [-0.2, 0) is 16.1 Å². The molecule has 2 aromatic carbocycles. The number of hydrogen-bond acceptors (Lipinski definition) is 5. The fraction of sp³-hybridized carbons (Fsp3) is 0.333. The van der Waals surface area contributed by atoms with Crippen LogP contribution in [0.15, 0.2) is 48.5 Å². The van der Waals surface area contributed by atoms with Crippen molar-refractivity contribution >= 4 is 51.7 Å². The lowest BCUT2D eigenvalue weighted by atomic mass is 10.1. The van der Waals surface area contributed by atoms with E-state index in [1.807, 2.05) is 48.5 Å². The highest BCUT2D eigenvalue weighted by atomic mass is 127. The van der Waals surface area contributed by atoms with Crippen LogP contribution in [0.4, 0.5) is 5.69 Å². The van der Waals surface area contributed by atoms with Crippen LogP contribution in [0, 0.1) is 3.57 Å². The number of rotatable bonds is 6. The van der Waals surface area contributed by atoms with Crippen molar-refractivity contribution < 1.29 is 19.8 Å². The van der Waals surface area contributed by atoms with E-state index in [1.54, 1.807) is 0 Å². The lowest BCUT2D eigenvalue weighted by molar-refractivity contribution is -0.153. The highest BCUT2D eigenvalue weighted by Gasteiger charge is 2.34. The van der Waals surface area contributed by atoms with Crippen LogP contribution >= 0.6 is 34.2 Å². The summed E-state index contributed by atoms with van der Waals surface area (Å²) in [5, 5.41) is 23.6. The number of carbonyl (C=O) groups excluding carboxylic acids is 2. The monoisotopic (exact) mass is 543 g/mol. The van der Waals surface area contributed by atoms with Crippen LogP contribution < -0.4 is 10.2 Å². The largest absolute Gasteiger partial charge is 0.380 e. The van der Waals surface area contributed by atoms with Gasteiger partial charge in [0.1, 0.15) is 0 Å². The Morgan fingerprint density at radius 3 is 2.27 bits per heavy atom. The Morgan fingerprint density at radius 1 is 1.00 bits per heavy atom. The standard InChI is InChI=1S/C21H23ClIN3O4/c22-16-3-1-2-4-17(16)25-9-11-26(12-10-25)21(30)19(28)18(27)20(29)24-13-14-5-7-15(23)8-6-14/h1-8,18-19,27-28H,9-13H2,(H,24,29)/t18-,19-/m1/s1. The van der Waals surface area contributed by atoms with Gasteiger partial charge < -0.3 is 25.3 Å². The zero-order chi connectivity index (χ0) is 21.7. The second-order valence-corrected chi connectivity index (χ2v) is 8.65. The second kappa shape index (κ2) is 10.4. The molecule has 0 saturated carbocycles. The highest BCUT2D eigenvalue weighted by Crippen LogP contribution is 2.26. The summed E-state index contributed by atoms with van der Waals surface area (Å²) in [6.45, 7) is 2.00. The Labute approximate surface area is 193 Å². The molecule has 2 atom stereocenters. The third kappa shape index (κ3) is 5.63. The molecule has 0 bridgehead atoms. The third-order valence-electron chi connectivity index (χ3n) is 4.99. The molecule has 160 valence electrons. The Balaban J connectivity index is 1.50. The Bertz CT molecular complexity index is 888. The van der Waals surface area contributed by atoms with Gasteiger partial charge >= 0.3 is 0 Å². The Morgan fingerprint density at radius 2 is 1.63 bits per heavy atom. The van der Waals surface area contributed by atoms with Gasteiger partial charge in [0.05, 0.1) is 10.7 Å². The van der Waals surface area contributed by atoms with Crippen molar-refractivity contribution in [3.63, 3.8) is 0 Å². The molecule has 30 heavy (non-hydrogen) atoms. The Kier molecular flexibility index (Phi) is 7.93. The van der Waals surface area contributed by atoms with E-state index < -0.39 is 24.0 Å². The van der Waals surface area contributed by atoms with Crippen molar-refractivity contribution in [2.45, 2.75) is 18.8 Å². The van der Waals surface area contributed by atoms with Gasteiger partial charge in [-0.15, -0.1) is 0 Å². The van der Waals surface area contributed by atoms with Gasteiger partial charge in [0.2, 0.25) is 0 Å². The number of piperazine rings is 1. The fourth-order valence-electron chi connectivity index (χ4n) is 3.24. The van der Waals surface area contributed by atoms with Crippen molar-refractivity contribution in [3.8, 4) is 0 Å². The number of benzene rings is 2. The van der Waals surface area contributed by atoms with Gasteiger partial charge in [0, 0.05) is 36.3 Å². The molecule has 9 heteroatoms. The van der Waals surface area contributed by atoms with Crippen molar-refractivity contribution in [1.29, 1.82) is 0 Å². The molecule has 0 spiro atoms. The van der Waals surface area contributed by atoms with E-state index in [4.69, 9.17) is 11.6 Å². The third-order valence-corrected chi connectivity index (χ3v) is 6.02. The quantitative estimate of drug-likeness (QED) is 0.482. The number of para-hydroxylation sites is 1. The minimum absolute atomic E-state index is 0.199. The second-order valence-electron chi connectivity index (χ2n) is 7.00. The van der Waals surface area contributed by atoms with Gasteiger partial charge in [-0.3, -0.25) is 9.59 Å². The van der Waals surface area contributed by atoms with E-state index in [0.29, 0.717) is 31.2 Å². The molecule has 1 fully saturated rings. The van der Waals surface area contributed by atoms with Crippen LogP contribution in [0.3, 0.4) is 0 Å². The first-order valence-electron chi connectivity index (χ1n) is 9.53. The summed E-state index contributed by atoms with van der Waals surface area (Å²) in [4.78, 5) is 28.2. The minimum atomic E-state index is -1.83. The van der Waals surface area contributed by atoms with Crippen molar-refractivity contribution in [2.75, 3.05) is 31.1 Å². The van der Waals surface area contributed by atoms with E-state index in [0.717, 1.165) is 14.8 Å². The first-order valence-corrected chi connectivity index (χ1v) is 11.0. The molecule has 0 aliphatic carbocycles. The summed E-state index contributed by atoms with van der Waals surface area (Å²) >= 11 is 8.40. The number of nitrogens with one attached hydrogen (secondary N) is 1. The van der Waals surface area contributed by atoms with E-state index in [1.165, 1.54) is 4.90 Å². The number of nitrogens with zero attached hydrogens (tertiary/aromatic N) is 2. The number of hydrogen-bond donors (Lipinski definition) is 3. The molecule has 1 aliphatic rings. The maximum atomic E-state index is 12.6. The molecule has 2 aromatic rings. The lowest BCUT2D eigenvalue weighted by Crippen LogP contribution is -2.55. The van der Waals surface area contributed by atoms with Gasteiger partial charge in [0.15, 0.2) is 12.2 Å². The number of carbonyl (C=O) groups is 2. The van der Waals surface area contributed by atoms with E-state index in [2.05, 4.69) is 32.8 Å². The average molecular weight is 544 g/mol. The molecule has 1 saturated heterocycles. The Hall–Kier alpha value is -1.88. The summed E-state index contributed by atoms with van der Waals surface area (Å²) in [5.41, 5.74) is 1.74. The molecule has 3 rings (SSSR count). The summed E-state index contributed by atoms with van der Waals surface area (Å²) in [5.74, 6) is -1.45. The van der Waals surface area contributed by atoms with Gasteiger partial charge in [0.25, 0.3) is 11.8 Å². The molecular formula is C21H23ClIN3O4. The first kappa shape index (κ1) is 22.8. The van der Waals surface area contributed by atoms with E-state index >= 15 is 0 Å². The molecule has 0 unspecified atom stereocenters. The summed E-state index contributed by atoms with van der Waals surface area (Å²) in [6.07, 6.45) is -3.64. The van der Waals surface area contributed by atoms with Crippen LogP contribution in [0.2, 0.25) is 5.02 Å². The SMILES string of the molecule is O=C(NCc1ccc(I)cc1)[C@H](O)[C@@H](O)C(=O)N1CCN(c2ccccc2Cl)CC1. The first-order chi connectivity index (χ1) is 14.4. The number of aliphatic hydroxyl groups excluding tert-OH is 2. The molecule has 7 nitrogen and oxygen atoms in total. The van der Waals surface area contributed by atoms with Gasteiger partial charge in [-0.2, -0.15) is 0 Å². The maximum absolute atomic E-state index is 12.6. The summed E-state index contributed by atoms with van der Waals surface area (Å²) in [6, 6.07) is 15.0. The average Bonchev–Trinajstić information content (AvgIpc) is 2.77. The van der Waals surface area contributed by atoms with E-state index in [9.17, 15) is 19.8 Å². The normalized spacial score (nSPS) is 16.1. The molecule has 0 aromatic heterocycles. The van der Waals surface area contributed by atoms with Crippen LogP contribution in [0.1, 0.15) is 5.56 Å². The van der Waals surface area contributed by atoms with Crippen molar-refractivity contribution in [2.24, 2.45) is 0 Å². The molecule has 2 amide bonds. The zero-order valence-corrected chi connectivity index (χ0v) is 19.1. The minimum Gasteiger partial charge on any atom is -0.380 e. The van der Waals surface area contributed by atoms with Crippen LogP contribution in [0.25, 0.3) is 0 Å². The molecule has 0 radical (unpaired) electrons. The lowest BCUT2D eigenvalue weighted by Gasteiger charge is -2.37. The summed E-state index contributed by atoms with van der Waals surface area (Å²) in [7, 11) is 0. The molecule has 1 aliphatic heterocycles. The van der Waals surface area contributed by atoms with Crippen molar-refractivity contribution in [1.82, 2.24) is 10.2 Å². The van der Waals surface area contributed by atoms with Gasteiger partial charge in [-0.25, -0.2) is 0 Å². The number of anilines is 1. The zero-order valence-electron chi connectivity index (χ0n) is 16.2. The van der Waals surface area contributed by atoms with Crippen LogP contribution in [0.5, 0.6) is 0 Å². The summed E-state index contributed by atoms with van der Waals surface area (Å²) < 4.78 is 1.07. The van der Waals surface area contributed by atoms with Gasteiger partial charge in [-0.1, -0.05) is 35.9 Å². The van der Waals surface area contributed by atoms with Gasteiger partial charge in [-0.05, 0) is 52.4 Å². The topological polar surface area (TPSA) is 93.1 Å². The molecule has 3 N–H and O–H groups in total. The smallest absolute Gasteiger partial charge is 0.254 e. The van der Waals surface area contributed by atoms with E-state index in [-0.39, 0.29) is 6.54 Å². The van der Waals surface area contributed by atoms with Crippen LogP contribution in [-0.4, -0.2) is 65.3 Å².